The summed E-state index contributed by atoms with van der Waals surface area (Å²) in [6.45, 7) is 8.12. The number of Topliss-reactive ketones (excluding diaryl/α,β-unsaturated/α-hetero) is 1. The smallest absolute Gasteiger partial charge is 0.178 e. The van der Waals surface area contributed by atoms with E-state index in [4.69, 9.17) is 4.74 Å². The van der Waals surface area contributed by atoms with E-state index in [2.05, 4.69) is 42.7 Å². The van der Waals surface area contributed by atoms with Gasteiger partial charge >= 0.3 is 0 Å². The number of methoxy groups -OCH3 is 1. The molecule has 27 heavy (non-hydrogen) atoms. The molecule has 0 bridgehead atoms. The predicted molar refractivity (Wildman–Crippen MR) is 112 cm³/mol. The molecule has 0 fully saturated rings. The van der Waals surface area contributed by atoms with Crippen LogP contribution in [0, 0.1) is 13.8 Å². The Hall–Kier alpha value is -1.91. The van der Waals surface area contributed by atoms with E-state index in [-0.39, 0.29) is 5.78 Å². The Balaban J connectivity index is 2.13. The lowest BCUT2D eigenvalue weighted by atomic mass is 10.1. The molecule has 4 nitrogen and oxygen atoms in total. The molecule has 2 aromatic rings. The summed E-state index contributed by atoms with van der Waals surface area (Å²) in [7, 11) is 3.63. The first-order chi connectivity index (χ1) is 13.0. The minimum atomic E-state index is 0.157. The van der Waals surface area contributed by atoms with E-state index in [9.17, 15) is 4.79 Å². The van der Waals surface area contributed by atoms with Gasteiger partial charge in [-0.25, -0.2) is 0 Å². The van der Waals surface area contributed by atoms with Crippen molar-refractivity contribution in [1.82, 2.24) is 9.47 Å². The SMILES string of the molecule is CCCCCc1ccc(-n2c(C)cc(C(=O)CN(C)CCOC)c2C)cc1. The van der Waals surface area contributed by atoms with Gasteiger partial charge in [0, 0.05) is 36.3 Å². The first kappa shape index (κ1) is 21.4. The van der Waals surface area contributed by atoms with Crippen LogP contribution in [0.2, 0.25) is 0 Å². The number of hydrogen-bond acceptors (Lipinski definition) is 3. The summed E-state index contributed by atoms with van der Waals surface area (Å²) in [6.07, 6.45) is 4.90. The minimum Gasteiger partial charge on any atom is -0.383 e. The van der Waals surface area contributed by atoms with Gasteiger partial charge in [0.15, 0.2) is 5.78 Å². The molecule has 2 rings (SSSR count). The summed E-state index contributed by atoms with van der Waals surface area (Å²) in [5, 5.41) is 0. The fourth-order valence-corrected chi connectivity index (χ4v) is 3.49. The minimum absolute atomic E-state index is 0.157. The highest BCUT2D eigenvalue weighted by Gasteiger charge is 2.18. The molecule has 0 aliphatic rings. The number of carbonyl (C=O) groups excluding carboxylic acids is 1. The molecule has 1 heterocycles. The number of hydrogen-bond donors (Lipinski definition) is 0. The van der Waals surface area contributed by atoms with E-state index in [1.165, 1.54) is 24.8 Å². The number of nitrogens with zero attached hydrogens (tertiary/aromatic N) is 2. The second-order valence-electron chi connectivity index (χ2n) is 7.40. The van der Waals surface area contributed by atoms with E-state index in [0.717, 1.165) is 35.6 Å². The quantitative estimate of drug-likeness (QED) is 0.429. The Bertz CT molecular complexity index is 732. The molecular formula is C23H34N2O2. The Morgan fingerprint density at radius 1 is 1.15 bits per heavy atom. The van der Waals surface area contributed by atoms with Gasteiger partial charge in [-0.05, 0) is 57.5 Å². The number of rotatable bonds is 11. The fraction of sp³-hybridized carbons (Fsp3) is 0.522. The molecule has 0 unspecified atom stereocenters. The normalized spacial score (nSPS) is 11.3. The Morgan fingerprint density at radius 3 is 2.48 bits per heavy atom. The lowest BCUT2D eigenvalue weighted by molar-refractivity contribution is 0.0922. The Kier molecular flexibility index (Phi) is 8.26. The number of benzene rings is 1. The number of ether oxygens (including phenoxy) is 1. The molecule has 0 radical (unpaired) electrons. The zero-order valence-corrected chi connectivity index (χ0v) is 17.5. The predicted octanol–water partition coefficient (Wildman–Crippen LogP) is 4.59. The third kappa shape index (κ3) is 5.78. The van der Waals surface area contributed by atoms with Gasteiger partial charge in [-0.1, -0.05) is 31.9 Å². The number of unbranched alkanes of at least 4 members (excludes halogenated alkanes) is 2. The van der Waals surface area contributed by atoms with Crippen molar-refractivity contribution in [2.75, 3.05) is 33.9 Å². The molecule has 4 heteroatoms. The standard InChI is InChI=1S/C23H34N2O2/c1-6-7-8-9-20-10-12-21(13-11-20)25-18(2)16-22(19(25)3)23(26)17-24(4)14-15-27-5/h10-13,16H,6-9,14-15,17H2,1-5H3. The maximum Gasteiger partial charge on any atom is 0.178 e. The molecule has 148 valence electrons. The van der Waals surface area contributed by atoms with Crippen LogP contribution in [-0.4, -0.2) is 49.1 Å². The van der Waals surface area contributed by atoms with Gasteiger partial charge in [-0.2, -0.15) is 0 Å². The number of likely N-dealkylation sites (N-methyl/N-ethyl adjacent to an activating group) is 1. The largest absolute Gasteiger partial charge is 0.383 e. The molecule has 0 saturated carbocycles. The first-order valence-electron chi connectivity index (χ1n) is 9.96. The number of ketones is 1. The molecule has 0 saturated heterocycles. The van der Waals surface area contributed by atoms with Crippen molar-refractivity contribution >= 4 is 5.78 Å². The highest BCUT2D eigenvalue weighted by molar-refractivity contribution is 5.99. The molecule has 0 N–H and O–H groups in total. The summed E-state index contributed by atoms with van der Waals surface area (Å²) < 4.78 is 7.27. The third-order valence-electron chi connectivity index (χ3n) is 5.09. The second kappa shape index (κ2) is 10.4. The number of aryl methyl sites for hydroxylation is 2. The highest BCUT2D eigenvalue weighted by Crippen LogP contribution is 2.22. The van der Waals surface area contributed by atoms with Crippen LogP contribution in [0.1, 0.15) is 53.5 Å². The van der Waals surface area contributed by atoms with Gasteiger partial charge in [0.2, 0.25) is 0 Å². The van der Waals surface area contributed by atoms with Crippen LogP contribution in [-0.2, 0) is 11.2 Å². The summed E-state index contributed by atoms with van der Waals surface area (Å²) >= 11 is 0. The van der Waals surface area contributed by atoms with Crippen molar-refractivity contribution in [3.05, 3.63) is 52.8 Å². The van der Waals surface area contributed by atoms with E-state index in [1.807, 2.05) is 24.9 Å². The number of aromatic nitrogens is 1. The van der Waals surface area contributed by atoms with Crippen molar-refractivity contribution in [2.45, 2.75) is 46.5 Å². The monoisotopic (exact) mass is 370 g/mol. The first-order valence-corrected chi connectivity index (χ1v) is 9.96. The van der Waals surface area contributed by atoms with Gasteiger partial charge in [-0.15, -0.1) is 0 Å². The van der Waals surface area contributed by atoms with Crippen LogP contribution in [0.25, 0.3) is 5.69 Å². The van der Waals surface area contributed by atoms with Crippen molar-refractivity contribution in [1.29, 1.82) is 0 Å². The Labute approximate surface area is 164 Å². The third-order valence-corrected chi connectivity index (χ3v) is 5.09. The van der Waals surface area contributed by atoms with Gasteiger partial charge in [0.05, 0.1) is 13.2 Å². The van der Waals surface area contributed by atoms with E-state index in [0.29, 0.717) is 13.2 Å². The van der Waals surface area contributed by atoms with E-state index in [1.54, 1.807) is 7.11 Å². The van der Waals surface area contributed by atoms with Crippen LogP contribution < -0.4 is 0 Å². The van der Waals surface area contributed by atoms with Crippen molar-refractivity contribution < 1.29 is 9.53 Å². The fourth-order valence-electron chi connectivity index (χ4n) is 3.49. The van der Waals surface area contributed by atoms with Crippen LogP contribution in [0.5, 0.6) is 0 Å². The lowest BCUT2D eigenvalue weighted by Gasteiger charge is -2.15. The molecule has 0 aliphatic carbocycles. The maximum absolute atomic E-state index is 12.7. The van der Waals surface area contributed by atoms with Crippen molar-refractivity contribution in [2.24, 2.45) is 0 Å². The molecule has 0 aliphatic heterocycles. The summed E-state index contributed by atoms with van der Waals surface area (Å²) in [5.41, 5.74) is 5.41. The molecule has 1 aromatic carbocycles. The van der Waals surface area contributed by atoms with Crippen LogP contribution in [0.4, 0.5) is 0 Å². The van der Waals surface area contributed by atoms with Gasteiger partial charge in [0.25, 0.3) is 0 Å². The zero-order valence-electron chi connectivity index (χ0n) is 17.5. The average Bonchev–Trinajstić information content (AvgIpc) is 2.95. The van der Waals surface area contributed by atoms with Gasteiger partial charge in [0.1, 0.15) is 0 Å². The molecule has 0 amide bonds. The van der Waals surface area contributed by atoms with Crippen molar-refractivity contribution in [3.63, 3.8) is 0 Å². The summed E-state index contributed by atoms with van der Waals surface area (Å²) in [4.78, 5) is 14.7. The highest BCUT2D eigenvalue weighted by atomic mass is 16.5. The Morgan fingerprint density at radius 2 is 1.85 bits per heavy atom. The summed E-state index contributed by atoms with van der Waals surface area (Å²) in [5.74, 6) is 0.157. The second-order valence-corrected chi connectivity index (χ2v) is 7.40. The average molecular weight is 371 g/mol. The number of carbonyl (C=O) groups is 1. The van der Waals surface area contributed by atoms with Crippen LogP contribution in [0.3, 0.4) is 0 Å². The maximum atomic E-state index is 12.7. The van der Waals surface area contributed by atoms with Crippen LogP contribution >= 0.6 is 0 Å². The van der Waals surface area contributed by atoms with Crippen molar-refractivity contribution in [3.8, 4) is 5.69 Å². The molecule has 1 aromatic heterocycles. The topological polar surface area (TPSA) is 34.5 Å². The summed E-state index contributed by atoms with van der Waals surface area (Å²) in [6, 6.07) is 10.8. The molecular weight excluding hydrogens is 336 g/mol. The van der Waals surface area contributed by atoms with E-state index < -0.39 is 0 Å². The van der Waals surface area contributed by atoms with Gasteiger partial charge in [-0.3, -0.25) is 9.69 Å². The van der Waals surface area contributed by atoms with Crippen LogP contribution in [0.15, 0.2) is 30.3 Å². The van der Waals surface area contributed by atoms with Gasteiger partial charge < -0.3 is 9.30 Å². The lowest BCUT2D eigenvalue weighted by Crippen LogP contribution is -2.29. The zero-order chi connectivity index (χ0) is 19.8. The molecule has 0 atom stereocenters. The molecule has 0 spiro atoms. The van der Waals surface area contributed by atoms with E-state index >= 15 is 0 Å².